The van der Waals surface area contributed by atoms with Crippen LogP contribution in [-0.2, 0) is 25.8 Å². The van der Waals surface area contributed by atoms with Crippen LogP contribution in [0.25, 0.3) is 5.70 Å². The number of hydrogen-bond acceptors (Lipinski definition) is 6. The van der Waals surface area contributed by atoms with Crippen LogP contribution in [0.3, 0.4) is 0 Å². The number of carbonyl (C=O) groups is 2. The highest BCUT2D eigenvalue weighted by molar-refractivity contribution is 5.93. The Labute approximate surface area is 194 Å². The normalized spacial score (nSPS) is 15.1. The third-order valence-corrected chi connectivity index (χ3v) is 4.78. The van der Waals surface area contributed by atoms with Crippen molar-refractivity contribution in [1.29, 1.82) is 0 Å². The molecule has 7 nitrogen and oxygen atoms in total. The van der Waals surface area contributed by atoms with Gasteiger partial charge in [0.05, 0.1) is 18.9 Å². The van der Waals surface area contributed by atoms with E-state index in [2.05, 4.69) is 12.1 Å². The number of fused-ring (bicyclic) bond motifs is 1. The summed E-state index contributed by atoms with van der Waals surface area (Å²) in [6, 6.07) is 12.1. The van der Waals surface area contributed by atoms with Crippen LogP contribution in [-0.4, -0.2) is 36.2 Å². The van der Waals surface area contributed by atoms with E-state index in [1.54, 1.807) is 6.07 Å². The summed E-state index contributed by atoms with van der Waals surface area (Å²) < 4.78 is 51.1. The number of alkyl halides is 3. The maximum atomic E-state index is 13.4. The minimum atomic E-state index is -5.23. The molecule has 2 aromatic carbocycles. The fourth-order valence-corrected chi connectivity index (χ4v) is 3.39. The van der Waals surface area contributed by atoms with Crippen LogP contribution in [0.1, 0.15) is 29.7 Å². The van der Waals surface area contributed by atoms with Gasteiger partial charge in [-0.2, -0.15) is 13.2 Å². The van der Waals surface area contributed by atoms with Gasteiger partial charge in [-0.3, -0.25) is 20.0 Å². The van der Waals surface area contributed by atoms with E-state index < -0.39 is 24.1 Å². The van der Waals surface area contributed by atoms with Crippen molar-refractivity contribution in [3.8, 4) is 5.75 Å². The molecule has 10 heteroatoms. The van der Waals surface area contributed by atoms with Crippen LogP contribution in [0.4, 0.5) is 13.2 Å². The molecule has 1 aliphatic rings. The monoisotopic (exact) mass is 476 g/mol. The lowest BCUT2D eigenvalue weighted by molar-refractivity contribution is -0.187. The molecule has 3 rings (SSSR count). The second-order valence-corrected chi connectivity index (χ2v) is 7.10. The third kappa shape index (κ3) is 5.57. The summed E-state index contributed by atoms with van der Waals surface area (Å²) in [4.78, 5) is 30.5. The molecule has 1 amide bonds. The van der Waals surface area contributed by atoms with Crippen LogP contribution in [0.2, 0.25) is 0 Å². The van der Waals surface area contributed by atoms with Crippen molar-refractivity contribution in [2.24, 2.45) is 0 Å². The van der Waals surface area contributed by atoms with Gasteiger partial charge in [-0.25, -0.2) is 4.79 Å². The number of carbonyl (C=O) groups excluding carboxylic acids is 2. The van der Waals surface area contributed by atoms with E-state index in [0.29, 0.717) is 4.90 Å². The molecule has 0 aliphatic carbocycles. The molecular formula is C24H23F3N2O5. The van der Waals surface area contributed by atoms with Crippen LogP contribution >= 0.6 is 0 Å². The first-order chi connectivity index (χ1) is 16.3. The van der Waals surface area contributed by atoms with E-state index in [4.69, 9.17) is 14.3 Å². The predicted molar refractivity (Wildman–Crippen MR) is 117 cm³/mol. The molecule has 1 N–H and O–H groups in total. The van der Waals surface area contributed by atoms with Gasteiger partial charge in [0.2, 0.25) is 0 Å². The van der Waals surface area contributed by atoms with Crippen molar-refractivity contribution in [3.63, 3.8) is 0 Å². The summed E-state index contributed by atoms with van der Waals surface area (Å²) in [5.41, 5.74) is 3.76. The SMILES string of the molecule is C=CCONC1=CN(C(=O)C(F)(F)F)C(C(=O)OCC)c2cccc(OCc3ccccc3)c21. The van der Waals surface area contributed by atoms with Gasteiger partial charge in [-0.15, -0.1) is 6.58 Å². The van der Waals surface area contributed by atoms with Gasteiger partial charge in [0.15, 0.2) is 6.04 Å². The molecule has 0 spiro atoms. The number of rotatable bonds is 9. The minimum Gasteiger partial charge on any atom is -0.488 e. The van der Waals surface area contributed by atoms with Crippen LogP contribution in [0.5, 0.6) is 5.75 Å². The number of nitrogens with zero attached hydrogens (tertiary/aromatic N) is 1. The Morgan fingerprint density at radius 3 is 2.53 bits per heavy atom. The Hall–Kier alpha value is -3.79. The average molecular weight is 476 g/mol. The molecule has 1 atom stereocenters. The van der Waals surface area contributed by atoms with Gasteiger partial charge in [0.25, 0.3) is 0 Å². The predicted octanol–water partition coefficient (Wildman–Crippen LogP) is 4.28. The Kier molecular flexibility index (Phi) is 7.95. The zero-order chi connectivity index (χ0) is 24.7. The smallest absolute Gasteiger partial charge is 0.471 e. The molecule has 1 aliphatic heterocycles. The topological polar surface area (TPSA) is 77.1 Å². The summed E-state index contributed by atoms with van der Waals surface area (Å²) in [6.45, 7) is 5.13. The van der Waals surface area contributed by atoms with Crippen molar-refractivity contribution in [2.45, 2.75) is 25.7 Å². The van der Waals surface area contributed by atoms with Crippen molar-refractivity contribution in [2.75, 3.05) is 13.2 Å². The average Bonchev–Trinajstić information content (AvgIpc) is 2.82. The van der Waals surface area contributed by atoms with Gasteiger partial charge >= 0.3 is 18.1 Å². The van der Waals surface area contributed by atoms with Crippen molar-refractivity contribution >= 4 is 17.6 Å². The number of nitrogens with one attached hydrogen (secondary N) is 1. The summed E-state index contributed by atoms with van der Waals surface area (Å²) in [5, 5.41) is 0. The Morgan fingerprint density at radius 1 is 1.15 bits per heavy atom. The minimum absolute atomic E-state index is 0.00124. The van der Waals surface area contributed by atoms with E-state index in [1.807, 2.05) is 30.3 Å². The highest BCUT2D eigenvalue weighted by atomic mass is 19.4. The standard InChI is InChI=1S/C24H23F3N2O5/c1-3-13-34-28-18-14-29(23(31)24(25,26)27)21(22(30)32-4-2)17-11-8-12-19(20(17)18)33-15-16-9-6-5-7-10-16/h3,5-12,14,21,28H,1,4,13,15H2,2H3. The summed E-state index contributed by atoms with van der Waals surface area (Å²) in [7, 11) is 0. The van der Waals surface area contributed by atoms with E-state index in [-0.39, 0.29) is 42.4 Å². The first kappa shape index (κ1) is 24.8. The highest BCUT2D eigenvalue weighted by Gasteiger charge is 2.49. The first-order valence-electron chi connectivity index (χ1n) is 10.3. The fourth-order valence-electron chi connectivity index (χ4n) is 3.39. The van der Waals surface area contributed by atoms with E-state index in [1.165, 1.54) is 25.1 Å². The number of benzene rings is 2. The Balaban J connectivity index is 2.10. The lowest BCUT2D eigenvalue weighted by Crippen LogP contribution is -2.45. The maximum Gasteiger partial charge on any atom is 0.471 e. The zero-order valence-electron chi connectivity index (χ0n) is 18.3. The molecule has 0 bridgehead atoms. The number of halogens is 3. The molecule has 180 valence electrons. The first-order valence-corrected chi connectivity index (χ1v) is 10.3. The molecule has 34 heavy (non-hydrogen) atoms. The van der Waals surface area contributed by atoms with Crippen molar-refractivity contribution < 1.29 is 37.1 Å². The number of hydrogen-bond donors (Lipinski definition) is 1. The van der Waals surface area contributed by atoms with E-state index in [0.717, 1.165) is 11.8 Å². The van der Waals surface area contributed by atoms with Crippen LogP contribution < -0.4 is 10.2 Å². The number of esters is 1. The molecule has 1 unspecified atom stereocenters. The molecule has 0 saturated carbocycles. The number of amides is 1. The summed E-state index contributed by atoms with van der Waals surface area (Å²) in [5.74, 6) is -2.96. The number of hydroxylamine groups is 1. The van der Waals surface area contributed by atoms with E-state index >= 15 is 0 Å². The molecule has 0 saturated heterocycles. The third-order valence-electron chi connectivity index (χ3n) is 4.78. The summed E-state index contributed by atoms with van der Waals surface area (Å²) >= 11 is 0. The molecule has 0 aromatic heterocycles. The quantitative estimate of drug-likeness (QED) is 0.252. The van der Waals surface area contributed by atoms with Gasteiger partial charge in [0, 0.05) is 11.8 Å². The van der Waals surface area contributed by atoms with Crippen LogP contribution in [0, 0.1) is 0 Å². The number of ether oxygens (including phenoxy) is 2. The lowest BCUT2D eigenvalue weighted by atomic mass is 9.93. The van der Waals surface area contributed by atoms with Gasteiger partial charge in [-0.1, -0.05) is 48.5 Å². The molecule has 0 fully saturated rings. The second kappa shape index (κ2) is 10.9. The lowest BCUT2D eigenvalue weighted by Gasteiger charge is -2.35. The molecular weight excluding hydrogens is 453 g/mol. The van der Waals surface area contributed by atoms with Gasteiger partial charge in [-0.05, 0) is 24.1 Å². The maximum absolute atomic E-state index is 13.4. The largest absolute Gasteiger partial charge is 0.488 e. The zero-order valence-corrected chi connectivity index (χ0v) is 18.3. The van der Waals surface area contributed by atoms with Crippen molar-refractivity contribution in [3.05, 3.63) is 84.1 Å². The molecule has 1 heterocycles. The fraction of sp³-hybridized carbons (Fsp3) is 0.250. The molecule has 0 radical (unpaired) electrons. The van der Waals surface area contributed by atoms with Gasteiger partial charge in [0.1, 0.15) is 12.4 Å². The Morgan fingerprint density at radius 2 is 1.88 bits per heavy atom. The molecule has 2 aromatic rings. The highest BCUT2D eigenvalue weighted by Crippen LogP contribution is 2.41. The van der Waals surface area contributed by atoms with Gasteiger partial charge < -0.3 is 9.47 Å². The van der Waals surface area contributed by atoms with E-state index in [9.17, 15) is 22.8 Å². The van der Waals surface area contributed by atoms with Crippen molar-refractivity contribution in [1.82, 2.24) is 10.4 Å². The Bertz CT molecular complexity index is 1070. The summed E-state index contributed by atoms with van der Waals surface area (Å²) in [6.07, 6.45) is -2.93. The van der Waals surface area contributed by atoms with Crippen LogP contribution in [0.15, 0.2) is 67.4 Å². The second-order valence-electron chi connectivity index (χ2n) is 7.10.